The largest absolute Gasteiger partial charge is 0.466 e. The highest BCUT2D eigenvalue weighted by atomic mass is 16.5. The first-order valence-corrected chi connectivity index (χ1v) is 34.3. The maximum absolute atomic E-state index is 12.5. The summed E-state index contributed by atoms with van der Waals surface area (Å²) in [6.45, 7) is 4.90. The third-order valence-corrected chi connectivity index (χ3v) is 15.9. The number of carbonyl (C=O) groups is 2. The van der Waals surface area contributed by atoms with Crippen LogP contribution in [0.2, 0.25) is 0 Å². The van der Waals surface area contributed by atoms with Crippen molar-refractivity contribution in [1.82, 2.24) is 5.32 Å². The molecule has 76 heavy (non-hydrogen) atoms. The monoisotopic (exact) mass is 1070 g/mol. The standard InChI is InChI=1S/C70H133NO5/c1-3-5-7-9-11-13-15-17-18-19-20-21-22-23-24-27-30-33-36-39-42-46-50-54-58-62-68(73)67(66-72)71-69(74)63-59-55-51-47-43-40-37-34-31-28-25-26-29-32-35-38-41-45-49-53-57-61-65-76-70(75)64-60-56-52-48-44-16-14-12-10-8-6-4-2/h12,14,28,31,58,62,67-68,72-73H,3-11,13,15-27,29-30,32-57,59-61,63-66H2,1-2H3,(H,71,74)/b14-12-,31-28-,62-58+. The highest BCUT2D eigenvalue weighted by Gasteiger charge is 2.18. The van der Waals surface area contributed by atoms with Gasteiger partial charge in [0.05, 0.1) is 25.4 Å². The predicted octanol–water partition coefficient (Wildman–Crippen LogP) is 21.9. The van der Waals surface area contributed by atoms with E-state index in [0.717, 1.165) is 51.4 Å². The Morgan fingerprint density at radius 2 is 0.618 bits per heavy atom. The van der Waals surface area contributed by atoms with E-state index in [9.17, 15) is 19.8 Å². The minimum absolute atomic E-state index is 0.000334. The van der Waals surface area contributed by atoms with E-state index < -0.39 is 12.1 Å². The van der Waals surface area contributed by atoms with Gasteiger partial charge in [0, 0.05) is 12.8 Å². The lowest BCUT2D eigenvalue weighted by Gasteiger charge is -2.20. The highest BCUT2D eigenvalue weighted by Crippen LogP contribution is 2.18. The maximum Gasteiger partial charge on any atom is 0.305 e. The molecule has 0 aromatic rings. The minimum atomic E-state index is -0.851. The molecule has 0 fully saturated rings. The molecule has 0 bridgehead atoms. The van der Waals surface area contributed by atoms with Crippen molar-refractivity contribution < 1.29 is 24.5 Å². The van der Waals surface area contributed by atoms with Gasteiger partial charge in [-0.15, -0.1) is 0 Å². The number of carbonyl (C=O) groups excluding carboxylic acids is 2. The van der Waals surface area contributed by atoms with E-state index in [1.807, 2.05) is 6.08 Å². The van der Waals surface area contributed by atoms with E-state index in [1.165, 1.54) is 295 Å². The van der Waals surface area contributed by atoms with Crippen LogP contribution >= 0.6 is 0 Å². The topological polar surface area (TPSA) is 95.9 Å². The Kier molecular flexibility index (Phi) is 63.9. The lowest BCUT2D eigenvalue weighted by atomic mass is 10.0. The molecule has 0 radical (unpaired) electrons. The number of hydrogen-bond acceptors (Lipinski definition) is 5. The van der Waals surface area contributed by atoms with Crippen molar-refractivity contribution in [2.75, 3.05) is 13.2 Å². The molecule has 0 rings (SSSR count). The number of hydrogen-bond donors (Lipinski definition) is 3. The summed E-state index contributed by atoms with van der Waals surface area (Å²) in [5.74, 6) is -0.0717. The van der Waals surface area contributed by atoms with Crippen LogP contribution in [-0.2, 0) is 14.3 Å². The Labute approximate surface area is 474 Å². The van der Waals surface area contributed by atoms with Crippen molar-refractivity contribution in [2.24, 2.45) is 0 Å². The second kappa shape index (κ2) is 65.6. The van der Waals surface area contributed by atoms with E-state index >= 15 is 0 Å². The normalized spacial score (nSPS) is 12.7. The van der Waals surface area contributed by atoms with Gasteiger partial charge in [0.15, 0.2) is 0 Å². The Bertz CT molecular complexity index is 1230. The van der Waals surface area contributed by atoms with Gasteiger partial charge in [0.2, 0.25) is 5.91 Å². The summed E-state index contributed by atoms with van der Waals surface area (Å²) in [5.41, 5.74) is 0. The first kappa shape index (κ1) is 74.1. The molecule has 6 heteroatoms. The van der Waals surface area contributed by atoms with Crippen molar-refractivity contribution in [3.05, 3.63) is 36.5 Å². The van der Waals surface area contributed by atoms with Gasteiger partial charge in [-0.1, -0.05) is 314 Å². The van der Waals surface area contributed by atoms with Gasteiger partial charge in [-0.2, -0.15) is 0 Å². The van der Waals surface area contributed by atoms with Crippen LogP contribution < -0.4 is 5.32 Å². The van der Waals surface area contributed by atoms with Crippen molar-refractivity contribution in [3.8, 4) is 0 Å². The van der Waals surface area contributed by atoms with Gasteiger partial charge in [-0.3, -0.25) is 9.59 Å². The van der Waals surface area contributed by atoms with E-state index in [0.29, 0.717) is 19.4 Å². The molecule has 448 valence electrons. The summed E-state index contributed by atoms with van der Waals surface area (Å²) < 4.78 is 5.47. The molecule has 3 N–H and O–H groups in total. The van der Waals surface area contributed by atoms with Crippen molar-refractivity contribution in [3.63, 3.8) is 0 Å². The number of amides is 1. The van der Waals surface area contributed by atoms with Crippen LogP contribution in [-0.4, -0.2) is 47.4 Å². The fourth-order valence-electron chi connectivity index (χ4n) is 10.6. The second-order valence-corrected chi connectivity index (χ2v) is 23.5. The number of allylic oxidation sites excluding steroid dienone is 5. The molecule has 0 aliphatic heterocycles. The summed E-state index contributed by atoms with van der Waals surface area (Å²) >= 11 is 0. The molecule has 6 nitrogen and oxygen atoms in total. The van der Waals surface area contributed by atoms with E-state index in [2.05, 4.69) is 43.5 Å². The maximum atomic E-state index is 12.5. The summed E-state index contributed by atoms with van der Waals surface area (Å²) in [5, 5.41) is 23.3. The molecule has 0 aromatic carbocycles. The zero-order chi connectivity index (χ0) is 55.0. The Morgan fingerprint density at radius 1 is 0.355 bits per heavy atom. The molecule has 0 aliphatic rings. The Morgan fingerprint density at radius 3 is 0.961 bits per heavy atom. The lowest BCUT2D eigenvalue weighted by molar-refractivity contribution is -0.143. The van der Waals surface area contributed by atoms with Gasteiger partial charge >= 0.3 is 5.97 Å². The van der Waals surface area contributed by atoms with Crippen LogP contribution in [0.15, 0.2) is 36.5 Å². The molecule has 0 spiro atoms. The van der Waals surface area contributed by atoms with Gasteiger partial charge in [-0.25, -0.2) is 0 Å². The van der Waals surface area contributed by atoms with Crippen LogP contribution in [0.5, 0.6) is 0 Å². The molecular formula is C70H133NO5. The minimum Gasteiger partial charge on any atom is -0.466 e. The van der Waals surface area contributed by atoms with Crippen LogP contribution in [0.1, 0.15) is 373 Å². The highest BCUT2D eigenvalue weighted by molar-refractivity contribution is 5.76. The molecule has 0 aromatic heterocycles. The summed E-state index contributed by atoms with van der Waals surface area (Å²) in [6.07, 6.45) is 83.5. The summed E-state index contributed by atoms with van der Waals surface area (Å²) in [4.78, 5) is 24.5. The molecule has 2 unspecified atom stereocenters. The molecule has 1 amide bonds. The quantitative estimate of drug-likeness (QED) is 0.0320. The number of ether oxygens (including phenoxy) is 1. The smallest absolute Gasteiger partial charge is 0.305 e. The van der Waals surface area contributed by atoms with Crippen molar-refractivity contribution in [1.29, 1.82) is 0 Å². The van der Waals surface area contributed by atoms with Crippen LogP contribution in [0.25, 0.3) is 0 Å². The summed E-state index contributed by atoms with van der Waals surface area (Å²) in [6, 6.07) is -0.635. The van der Waals surface area contributed by atoms with Crippen LogP contribution in [0, 0.1) is 0 Å². The number of esters is 1. The second-order valence-electron chi connectivity index (χ2n) is 23.5. The molecule has 0 saturated heterocycles. The first-order chi connectivity index (χ1) is 37.5. The average Bonchev–Trinajstić information content (AvgIpc) is 3.42. The van der Waals surface area contributed by atoms with Crippen LogP contribution in [0.3, 0.4) is 0 Å². The number of nitrogens with one attached hydrogen (secondary N) is 1. The molecular weight excluding hydrogens is 935 g/mol. The fraction of sp³-hybridized carbons (Fsp3) is 0.886. The van der Waals surface area contributed by atoms with Gasteiger partial charge in [0.25, 0.3) is 0 Å². The van der Waals surface area contributed by atoms with Crippen molar-refractivity contribution in [2.45, 2.75) is 386 Å². The van der Waals surface area contributed by atoms with Gasteiger partial charge < -0.3 is 20.3 Å². The third kappa shape index (κ3) is 61.3. The number of aliphatic hydroxyl groups excluding tert-OH is 2. The van der Waals surface area contributed by atoms with E-state index in [1.54, 1.807) is 6.08 Å². The summed E-state index contributed by atoms with van der Waals surface area (Å²) in [7, 11) is 0. The van der Waals surface area contributed by atoms with Gasteiger partial charge in [0.1, 0.15) is 0 Å². The first-order valence-electron chi connectivity index (χ1n) is 34.3. The predicted molar refractivity (Wildman–Crippen MR) is 333 cm³/mol. The molecule has 0 aliphatic carbocycles. The van der Waals surface area contributed by atoms with Crippen LogP contribution in [0.4, 0.5) is 0 Å². The van der Waals surface area contributed by atoms with E-state index in [-0.39, 0.29) is 18.5 Å². The number of unbranched alkanes of at least 4 members (excludes halogenated alkanes) is 49. The average molecular weight is 1070 g/mol. The molecule has 2 atom stereocenters. The number of aliphatic hydroxyl groups is 2. The van der Waals surface area contributed by atoms with E-state index in [4.69, 9.17) is 4.74 Å². The fourth-order valence-corrected chi connectivity index (χ4v) is 10.6. The Balaban J connectivity index is 3.45. The zero-order valence-electron chi connectivity index (χ0n) is 51.3. The SMILES string of the molecule is CCCCC/C=C\CCCCCCCC(=O)OCCCCCCCCCCCCC/C=C\CCCCCCCCCC(=O)NC(CO)C(O)/C=C/CCCCCCCCCCCCCCCCCCCCCCCCC. The molecule has 0 heterocycles. The zero-order valence-corrected chi connectivity index (χ0v) is 51.3. The lowest BCUT2D eigenvalue weighted by Crippen LogP contribution is -2.45. The number of rotatable bonds is 64. The molecule has 0 saturated carbocycles. The van der Waals surface area contributed by atoms with Crippen molar-refractivity contribution >= 4 is 11.9 Å². The Hall–Kier alpha value is -1.92. The van der Waals surface area contributed by atoms with Gasteiger partial charge in [-0.05, 0) is 83.5 Å². The third-order valence-electron chi connectivity index (χ3n) is 15.9.